The highest BCUT2D eigenvalue weighted by atomic mass is 16.7. The molecule has 1 saturated carbocycles. The number of hydrogen-bond acceptors (Lipinski definition) is 4. The number of nitrogens with one attached hydrogen (secondary N) is 1. The summed E-state index contributed by atoms with van der Waals surface area (Å²) in [4.78, 5) is 0. The van der Waals surface area contributed by atoms with Crippen molar-refractivity contribution in [3.05, 3.63) is 18.2 Å². The van der Waals surface area contributed by atoms with Gasteiger partial charge in [0.1, 0.15) is 11.9 Å². The van der Waals surface area contributed by atoms with Crippen molar-refractivity contribution in [3.8, 4) is 17.2 Å². The lowest BCUT2D eigenvalue weighted by Gasteiger charge is -2.31. The van der Waals surface area contributed by atoms with Gasteiger partial charge in [-0.3, -0.25) is 0 Å². The molecule has 4 heteroatoms. The van der Waals surface area contributed by atoms with Gasteiger partial charge in [-0.05, 0) is 38.4 Å². The smallest absolute Gasteiger partial charge is 0.231 e. The van der Waals surface area contributed by atoms with Gasteiger partial charge < -0.3 is 19.5 Å². The summed E-state index contributed by atoms with van der Waals surface area (Å²) in [6, 6.07) is 5.83. The Morgan fingerprint density at radius 2 is 2.05 bits per heavy atom. The van der Waals surface area contributed by atoms with Gasteiger partial charge in [0.15, 0.2) is 11.5 Å². The van der Waals surface area contributed by atoms with Gasteiger partial charge in [0.2, 0.25) is 6.79 Å². The van der Waals surface area contributed by atoms with Gasteiger partial charge in [0.05, 0.1) is 0 Å². The van der Waals surface area contributed by atoms with E-state index in [2.05, 4.69) is 5.32 Å². The molecular formula is C15H21NO3. The molecule has 2 aliphatic rings. The van der Waals surface area contributed by atoms with Crippen molar-refractivity contribution in [2.75, 3.05) is 20.4 Å². The minimum Gasteiger partial charge on any atom is -0.490 e. The first kappa shape index (κ1) is 12.6. The quantitative estimate of drug-likeness (QED) is 0.906. The number of rotatable bonds is 4. The van der Waals surface area contributed by atoms with Crippen molar-refractivity contribution >= 4 is 0 Å². The third-order valence-electron chi connectivity index (χ3n) is 3.94. The Balaban J connectivity index is 1.69. The van der Waals surface area contributed by atoms with E-state index in [1.807, 2.05) is 25.2 Å². The van der Waals surface area contributed by atoms with Crippen LogP contribution in [0.2, 0.25) is 0 Å². The fourth-order valence-corrected chi connectivity index (χ4v) is 2.95. The summed E-state index contributed by atoms with van der Waals surface area (Å²) in [7, 11) is 2.01. The van der Waals surface area contributed by atoms with Crippen LogP contribution in [0.1, 0.15) is 25.7 Å². The lowest BCUT2D eigenvalue weighted by molar-refractivity contribution is 0.0928. The highest BCUT2D eigenvalue weighted by Crippen LogP contribution is 2.36. The third kappa shape index (κ3) is 2.78. The highest BCUT2D eigenvalue weighted by Gasteiger charge is 2.26. The molecule has 1 aromatic rings. The van der Waals surface area contributed by atoms with E-state index in [0.717, 1.165) is 30.2 Å². The third-order valence-corrected chi connectivity index (χ3v) is 3.94. The zero-order chi connectivity index (χ0) is 13.1. The second-order valence-corrected chi connectivity index (χ2v) is 5.27. The molecule has 0 aromatic heterocycles. The Bertz CT molecular complexity index is 433. The lowest BCUT2D eigenvalue weighted by atomic mass is 9.86. The largest absolute Gasteiger partial charge is 0.490 e. The maximum Gasteiger partial charge on any atom is 0.231 e. The maximum absolute atomic E-state index is 6.17. The normalized spacial score (nSPS) is 25.3. The standard InChI is InChI=1S/C15H21NO3/c1-16-9-11-4-2-3-5-13(11)19-12-6-7-14-15(8-12)18-10-17-14/h6-8,11,13,16H,2-5,9-10H2,1H3. The summed E-state index contributed by atoms with van der Waals surface area (Å²) in [5.41, 5.74) is 0. The molecule has 2 unspecified atom stereocenters. The predicted octanol–water partition coefficient (Wildman–Crippen LogP) is 2.57. The van der Waals surface area contributed by atoms with Crippen LogP contribution in [-0.4, -0.2) is 26.5 Å². The molecule has 4 nitrogen and oxygen atoms in total. The van der Waals surface area contributed by atoms with E-state index in [1.54, 1.807) is 0 Å². The first-order chi connectivity index (χ1) is 9.36. The summed E-state index contributed by atoms with van der Waals surface area (Å²) < 4.78 is 16.9. The Morgan fingerprint density at radius 3 is 2.95 bits per heavy atom. The van der Waals surface area contributed by atoms with Gasteiger partial charge in [-0.15, -0.1) is 0 Å². The molecule has 0 amide bonds. The Kier molecular flexibility index (Phi) is 3.78. The van der Waals surface area contributed by atoms with Crippen molar-refractivity contribution in [1.29, 1.82) is 0 Å². The molecule has 2 atom stereocenters. The number of fused-ring (bicyclic) bond motifs is 1. The molecule has 19 heavy (non-hydrogen) atoms. The number of ether oxygens (including phenoxy) is 3. The molecule has 1 aliphatic carbocycles. The van der Waals surface area contributed by atoms with E-state index in [4.69, 9.17) is 14.2 Å². The molecule has 1 heterocycles. The molecule has 3 rings (SSSR count). The van der Waals surface area contributed by atoms with Gasteiger partial charge in [-0.1, -0.05) is 6.42 Å². The van der Waals surface area contributed by atoms with Crippen LogP contribution in [0.3, 0.4) is 0 Å². The van der Waals surface area contributed by atoms with Gasteiger partial charge in [0, 0.05) is 18.5 Å². The number of benzene rings is 1. The number of hydrogen-bond donors (Lipinski definition) is 1. The average molecular weight is 263 g/mol. The van der Waals surface area contributed by atoms with Gasteiger partial charge in [-0.25, -0.2) is 0 Å². The van der Waals surface area contributed by atoms with E-state index in [1.165, 1.54) is 19.3 Å². The SMILES string of the molecule is CNCC1CCCCC1Oc1ccc2c(c1)OCO2. The van der Waals surface area contributed by atoms with E-state index in [-0.39, 0.29) is 0 Å². The average Bonchev–Trinajstić information content (AvgIpc) is 2.89. The summed E-state index contributed by atoms with van der Waals surface area (Å²) in [6.45, 7) is 1.33. The van der Waals surface area contributed by atoms with E-state index < -0.39 is 0 Å². The first-order valence-electron chi connectivity index (χ1n) is 7.08. The fourth-order valence-electron chi connectivity index (χ4n) is 2.95. The van der Waals surface area contributed by atoms with E-state index in [0.29, 0.717) is 18.8 Å². The minimum atomic E-state index is 0.307. The second-order valence-electron chi connectivity index (χ2n) is 5.27. The molecule has 0 saturated heterocycles. The van der Waals surface area contributed by atoms with Crippen LogP contribution in [0.15, 0.2) is 18.2 Å². The van der Waals surface area contributed by atoms with Crippen LogP contribution in [0, 0.1) is 5.92 Å². The zero-order valence-corrected chi connectivity index (χ0v) is 11.4. The Hall–Kier alpha value is -1.42. The Morgan fingerprint density at radius 1 is 1.21 bits per heavy atom. The summed E-state index contributed by atoms with van der Waals surface area (Å²) in [5, 5.41) is 3.27. The van der Waals surface area contributed by atoms with Crippen molar-refractivity contribution < 1.29 is 14.2 Å². The molecule has 0 radical (unpaired) electrons. The maximum atomic E-state index is 6.17. The molecular weight excluding hydrogens is 242 g/mol. The van der Waals surface area contributed by atoms with Crippen LogP contribution in [0.4, 0.5) is 0 Å². The monoisotopic (exact) mass is 263 g/mol. The predicted molar refractivity (Wildman–Crippen MR) is 72.9 cm³/mol. The van der Waals surface area contributed by atoms with Gasteiger partial charge >= 0.3 is 0 Å². The molecule has 1 aromatic carbocycles. The van der Waals surface area contributed by atoms with Crippen LogP contribution in [-0.2, 0) is 0 Å². The van der Waals surface area contributed by atoms with Crippen LogP contribution < -0.4 is 19.5 Å². The van der Waals surface area contributed by atoms with Crippen LogP contribution in [0.25, 0.3) is 0 Å². The molecule has 1 N–H and O–H groups in total. The molecule has 104 valence electrons. The summed E-state index contributed by atoms with van der Waals surface area (Å²) in [5.74, 6) is 3.09. The zero-order valence-electron chi connectivity index (χ0n) is 11.4. The van der Waals surface area contributed by atoms with E-state index in [9.17, 15) is 0 Å². The van der Waals surface area contributed by atoms with Crippen LogP contribution in [0.5, 0.6) is 17.2 Å². The van der Waals surface area contributed by atoms with Crippen LogP contribution >= 0.6 is 0 Å². The second kappa shape index (κ2) is 5.70. The molecule has 0 bridgehead atoms. The lowest BCUT2D eigenvalue weighted by Crippen LogP contribution is -2.36. The molecule has 0 spiro atoms. The minimum absolute atomic E-state index is 0.307. The van der Waals surface area contributed by atoms with Crippen molar-refractivity contribution in [2.45, 2.75) is 31.8 Å². The Labute approximate surface area is 114 Å². The van der Waals surface area contributed by atoms with Crippen molar-refractivity contribution in [3.63, 3.8) is 0 Å². The van der Waals surface area contributed by atoms with Crippen molar-refractivity contribution in [2.24, 2.45) is 5.92 Å². The van der Waals surface area contributed by atoms with E-state index >= 15 is 0 Å². The fraction of sp³-hybridized carbons (Fsp3) is 0.600. The topological polar surface area (TPSA) is 39.7 Å². The summed E-state index contributed by atoms with van der Waals surface area (Å²) in [6.07, 6.45) is 5.26. The first-order valence-corrected chi connectivity index (χ1v) is 7.08. The van der Waals surface area contributed by atoms with Crippen molar-refractivity contribution in [1.82, 2.24) is 5.32 Å². The molecule has 1 aliphatic heterocycles. The summed E-state index contributed by atoms with van der Waals surface area (Å²) >= 11 is 0. The van der Waals surface area contributed by atoms with Gasteiger partial charge in [0.25, 0.3) is 0 Å². The molecule has 1 fully saturated rings. The highest BCUT2D eigenvalue weighted by molar-refractivity contribution is 5.46. The van der Waals surface area contributed by atoms with Gasteiger partial charge in [-0.2, -0.15) is 0 Å².